The Bertz CT molecular complexity index is 424. The summed E-state index contributed by atoms with van der Waals surface area (Å²) in [5.41, 5.74) is -0.415. The molecule has 0 bridgehead atoms. The molecule has 2 N–H and O–H groups in total. The second-order valence-electron chi connectivity index (χ2n) is 5.66. The number of hydrogen-bond donors (Lipinski definition) is 2. The van der Waals surface area contributed by atoms with Crippen molar-refractivity contribution >= 4 is 17.3 Å². The van der Waals surface area contributed by atoms with Crippen LogP contribution in [0.2, 0.25) is 0 Å². The minimum atomic E-state index is -0.945. The lowest BCUT2D eigenvalue weighted by atomic mass is 9.70. The van der Waals surface area contributed by atoms with Crippen molar-refractivity contribution in [3.8, 4) is 0 Å². The summed E-state index contributed by atoms with van der Waals surface area (Å²) in [5, 5.41) is 21.5. The Labute approximate surface area is 105 Å². The van der Waals surface area contributed by atoms with Gasteiger partial charge in [-0.15, -0.1) is 11.3 Å². The van der Waals surface area contributed by atoms with Crippen LogP contribution in [0.3, 0.4) is 0 Å². The number of carboxylic acids is 1. The third-order valence-corrected chi connectivity index (χ3v) is 4.86. The number of hydrogen-bond acceptors (Lipinski definition) is 3. The summed E-state index contributed by atoms with van der Waals surface area (Å²) in [4.78, 5) is 11.7. The monoisotopic (exact) mass is 254 g/mol. The Hall–Kier alpha value is -0.870. The van der Waals surface area contributed by atoms with Crippen molar-refractivity contribution in [2.24, 2.45) is 5.41 Å². The maximum atomic E-state index is 11.1. The van der Waals surface area contributed by atoms with E-state index >= 15 is 0 Å². The summed E-state index contributed by atoms with van der Waals surface area (Å²) in [7, 11) is 0. The van der Waals surface area contributed by atoms with Gasteiger partial charge in [-0.25, -0.2) is 4.79 Å². The van der Waals surface area contributed by atoms with E-state index in [-0.39, 0.29) is 11.0 Å². The summed E-state index contributed by atoms with van der Waals surface area (Å²) >= 11 is 1.35. The van der Waals surface area contributed by atoms with Gasteiger partial charge in [0.1, 0.15) is 0 Å². The third kappa shape index (κ3) is 2.38. The maximum absolute atomic E-state index is 11.1. The van der Waals surface area contributed by atoms with E-state index in [0.717, 1.165) is 12.8 Å². The van der Waals surface area contributed by atoms with Crippen LogP contribution in [-0.4, -0.2) is 16.2 Å². The Morgan fingerprint density at radius 2 is 1.88 bits per heavy atom. The zero-order chi connectivity index (χ0) is 12.7. The lowest BCUT2D eigenvalue weighted by Crippen LogP contribution is -2.34. The molecule has 0 aromatic carbocycles. The standard InChI is InChI=1S/C13H18O3S/c1-12(2)4-6-13(16,7-5-12)10-9(11(14)15)3-8-17-10/h3,8,16H,4-7H2,1-2H3,(H,14,15). The van der Waals surface area contributed by atoms with Gasteiger partial charge in [0.2, 0.25) is 0 Å². The fourth-order valence-corrected chi connectivity index (χ4v) is 3.45. The van der Waals surface area contributed by atoms with Crippen LogP contribution < -0.4 is 0 Å². The molecule has 0 radical (unpaired) electrons. The molecule has 0 unspecified atom stereocenters. The van der Waals surface area contributed by atoms with E-state index in [1.807, 2.05) is 0 Å². The highest BCUT2D eigenvalue weighted by Crippen LogP contribution is 2.47. The lowest BCUT2D eigenvalue weighted by Gasteiger charge is -2.40. The third-order valence-electron chi connectivity index (χ3n) is 3.75. The second-order valence-corrected chi connectivity index (χ2v) is 6.58. The van der Waals surface area contributed by atoms with Crippen LogP contribution in [0.25, 0.3) is 0 Å². The zero-order valence-corrected chi connectivity index (χ0v) is 11.0. The van der Waals surface area contributed by atoms with E-state index in [1.165, 1.54) is 11.3 Å². The summed E-state index contributed by atoms with van der Waals surface area (Å²) in [6.07, 6.45) is 3.17. The summed E-state index contributed by atoms with van der Waals surface area (Å²) in [5.74, 6) is -0.945. The minimum absolute atomic E-state index is 0.257. The molecular weight excluding hydrogens is 236 g/mol. The van der Waals surface area contributed by atoms with Gasteiger partial charge >= 0.3 is 5.97 Å². The number of thiophene rings is 1. The largest absolute Gasteiger partial charge is 0.478 e. The van der Waals surface area contributed by atoms with Crippen LogP contribution in [-0.2, 0) is 5.60 Å². The van der Waals surface area contributed by atoms with Crippen LogP contribution in [0.5, 0.6) is 0 Å². The first kappa shape index (κ1) is 12.6. The molecule has 1 heterocycles. The molecule has 17 heavy (non-hydrogen) atoms. The Morgan fingerprint density at radius 3 is 2.41 bits per heavy atom. The minimum Gasteiger partial charge on any atom is -0.478 e. The number of carbonyl (C=O) groups is 1. The molecule has 2 rings (SSSR count). The molecule has 1 aromatic heterocycles. The highest BCUT2D eigenvalue weighted by Gasteiger charge is 2.40. The van der Waals surface area contributed by atoms with Crippen LogP contribution in [0, 0.1) is 5.41 Å². The molecule has 1 fully saturated rings. The van der Waals surface area contributed by atoms with Crippen molar-refractivity contribution in [1.82, 2.24) is 0 Å². The summed E-state index contributed by atoms with van der Waals surface area (Å²) < 4.78 is 0. The molecule has 0 amide bonds. The Morgan fingerprint density at radius 1 is 1.29 bits per heavy atom. The van der Waals surface area contributed by atoms with Gasteiger partial charge in [-0.3, -0.25) is 0 Å². The second kappa shape index (κ2) is 4.10. The Kier molecular flexibility index (Phi) is 3.04. The number of aliphatic hydroxyl groups is 1. The van der Waals surface area contributed by atoms with E-state index < -0.39 is 11.6 Å². The fourth-order valence-electron chi connectivity index (χ4n) is 2.41. The first-order valence-corrected chi connectivity index (χ1v) is 6.76. The van der Waals surface area contributed by atoms with Gasteiger partial charge in [0.25, 0.3) is 0 Å². The van der Waals surface area contributed by atoms with Gasteiger partial charge in [0, 0.05) is 0 Å². The van der Waals surface area contributed by atoms with Crippen LogP contribution in [0.1, 0.15) is 54.8 Å². The molecule has 0 atom stereocenters. The molecule has 1 saturated carbocycles. The number of rotatable bonds is 2. The summed E-state index contributed by atoms with van der Waals surface area (Å²) in [6, 6.07) is 1.58. The first-order chi connectivity index (χ1) is 7.84. The van der Waals surface area contributed by atoms with Crippen molar-refractivity contribution in [2.75, 3.05) is 0 Å². The fraction of sp³-hybridized carbons (Fsp3) is 0.615. The molecule has 0 aliphatic heterocycles. The summed E-state index contributed by atoms with van der Waals surface area (Å²) in [6.45, 7) is 4.39. The molecule has 94 valence electrons. The average Bonchev–Trinajstić information content (AvgIpc) is 2.72. The smallest absolute Gasteiger partial charge is 0.336 e. The maximum Gasteiger partial charge on any atom is 0.336 e. The highest BCUT2D eigenvalue weighted by atomic mass is 32.1. The first-order valence-electron chi connectivity index (χ1n) is 5.88. The lowest BCUT2D eigenvalue weighted by molar-refractivity contribution is -0.0283. The highest BCUT2D eigenvalue weighted by molar-refractivity contribution is 7.10. The van der Waals surface area contributed by atoms with E-state index in [4.69, 9.17) is 5.11 Å². The van der Waals surface area contributed by atoms with Gasteiger partial charge in [-0.1, -0.05) is 13.8 Å². The Balaban J connectivity index is 2.28. The zero-order valence-electron chi connectivity index (χ0n) is 10.2. The molecule has 0 saturated heterocycles. The normalized spacial score (nSPS) is 22.3. The SMILES string of the molecule is CC1(C)CCC(O)(c2sccc2C(=O)O)CC1. The van der Waals surface area contributed by atoms with Gasteiger partial charge in [-0.05, 0) is 42.5 Å². The van der Waals surface area contributed by atoms with E-state index in [1.54, 1.807) is 11.4 Å². The van der Waals surface area contributed by atoms with Crippen molar-refractivity contribution in [3.05, 3.63) is 21.9 Å². The van der Waals surface area contributed by atoms with Gasteiger partial charge < -0.3 is 10.2 Å². The molecule has 3 nitrogen and oxygen atoms in total. The topological polar surface area (TPSA) is 57.5 Å². The molecule has 1 aliphatic rings. The van der Waals surface area contributed by atoms with E-state index in [0.29, 0.717) is 17.7 Å². The van der Waals surface area contributed by atoms with Crippen molar-refractivity contribution in [2.45, 2.75) is 45.1 Å². The van der Waals surface area contributed by atoms with Gasteiger partial charge in [0.05, 0.1) is 16.0 Å². The number of carboxylic acid groups (broad SMARTS) is 1. The predicted octanol–water partition coefficient (Wildman–Crippen LogP) is 3.23. The van der Waals surface area contributed by atoms with Crippen molar-refractivity contribution in [3.63, 3.8) is 0 Å². The van der Waals surface area contributed by atoms with Crippen molar-refractivity contribution in [1.29, 1.82) is 0 Å². The molecular formula is C13H18O3S. The van der Waals surface area contributed by atoms with Crippen LogP contribution in [0.4, 0.5) is 0 Å². The average molecular weight is 254 g/mol. The predicted molar refractivity (Wildman–Crippen MR) is 67.4 cm³/mol. The molecule has 1 aromatic rings. The van der Waals surface area contributed by atoms with E-state index in [2.05, 4.69) is 13.8 Å². The quantitative estimate of drug-likeness (QED) is 0.852. The van der Waals surface area contributed by atoms with Crippen LogP contribution >= 0.6 is 11.3 Å². The van der Waals surface area contributed by atoms with E-state index in [9.17, 15) is 9.90 Å². The molecule has 1 aliphatic carbocycles. The molecule has 0 spiro atoms. The van der Waals surface area contributed by atoms with Gasteiger partial charge in [-0.2, -0.15) is 0 Å². The van der Waals surface area contributed by atoms with Crippen molar-refractivity contribution < 1.29 is 15.0 Å². The van der Waals surface area contributed by atoms with Gasteiger partial charge in [0.15, 0.2) is 0 Å². The number of aromatic carboxylic acids is 1. The molecule has 4 heteroatoms. The van der Waals surface area contributed by atoms with Crippen LogP contribution in [0.15, 0.2) is 11.4 Å².